The van der Waals surface area contributed by atoms with Crippen LogP contribution in [0.25, 0.3) is 0 Å². The lowest BCUT2D eigenvalue weighted by atomic mass is 9.75. The molecule has 0 unspecified atom stereocenters. The van der Waals surface area contributed by atoms with Crippen LogP contribution in [0, 0.1) is 11.3 Å². The first-order valence-corrected chi connectivity index (χ1v) is 7.54. The average molecular weight is 283 g/mol. The Morgan fingerprint density at radius 2 is 1.80 bits per heavy atom. The van der Waals surface area contributed by atoms with E-state index in [1.807, 2.05) is 13.8 Å². The lowest BCUT2D eigenvalue weighted by molar-refractivity contribution is -0.127. The van der Waals surface area contributed by atoms with Gasteiger partial charge in [-0.15, -0.1) is 0 Å². The van der Waals surface area contributed by atoms with Gasteiger partial charge in [0, 0.05) is 6.04 Å². The van der Waals surface area contributed by atoms with Gasteiger partial charge in [0.2, 0.25) is 11.8 Å². The predicted molar refractivity (Wildman–Crippen MR) is 80.0 cm³/mol. The Balaban J connectivity index is 2.26. The number of nitrogens with two attached hydrogens (primary N) is 1. The molecule has 0 bridgehead atoms. The minimum atomic E-state index is -0.557. The first-order valence-electron chi connectivity index (χ1n) is 7.54. The van der Waals surface area contributed by atoms with E-state index in [1.54, 1.807) is 0 Å². The number of carbonyl (C=O) groups is 2. The Morgan fingerprint density at radius 3 is 2.30 bits per heavy atom. The summed E-state index contributed by atoms with van der Waals surface area (Å²) in [5.41, 5.74) is 6.10. The Hall–Kier alpha value is -1.10. The molecule has 1 atom stereocenters. The van der Waals surface area contributed by atoms with Gasteiger partial charge in [-0.2, -0.15) is 0 Å². The molecular weight excluding hydrogens is 254 g/mol. The monoisotopic (exact) mass is 283 g/mol. The second-order valence-electron chi connectivity index (χ2n) is 6.99. The molecule has 0 aromatic heterocycles. The van der Waals surface area contributed by atoms with Crippen LogP contribution >= 0.6 is 0 Å². The van der Waals surface area contributed by atoms with Crippen molar-refractivity contribution in [3.05, 3.63) is 0 Å². The molecule has 0 radical (unpaired) electrons. The van der Waals surface area contributed by atoms with Gasteiger partial charge in [0.25, 0.3) is 0 Å². The molecule has 5 nitrogen and oxygen atoms in total. The van der Waals surface area contributed by atoms with E-state index in [4.69, 9.17) is 5.73 Å². The second kappa shape index (κ2) is 7.07. The molecule has 2 amide bonds. The molecule has 1 rings (SSSR count). The van der Waals surface area contributed by atoms with Crippen molar-refractivity contribution in [2.75, 3.05) is 6.54 Å². The number of carbonyl (C=O) groups excluding carboxylic acids is 2. The summed E-state index contributed by atoms with van der Waals surface area (Å²) in [4.78, 5) is 23.5. The minimum absolute atomic E-state index is 0.0130. The van der Waals surface area contributed by atoms with Crippen molar-refractivity contribution in [1.82, 2.24) is 10.6 Å². The van der Waals surface area contributed by atoms with Crippen LogP contribution in [0.4, 0.5) is 0 Å². The Bertz CT molecular complexity index is 343. The maximum Gasteiger partial charge on any atom is 0.239 e. The highest BCUT2D eigenvalue weighted by atomic mass is 16.2. The molecule has 0 aromatic rings. The summed E-state index contributed by atoms with van der Waals surface area (Å²) >= 11 is 0. The van der Waals surface area contributed by atoms with Crippen LogP contribution in [-0.2, 0) is 9.59 Å². The van der Waals surface area contributed by atoms with Crippen LogP contribution in [-0.4, -0.2) is 30.4 Å². The summed E-state index contributed by atoms with van der Waals surface area (Å²) in [6.45, 7) is 8.30. The van der Waals surface area contributed by atoms with Crippen LogP contribution in [0.1, 0.15) is 53.4 Å². The smallest absolute Gasteiger partial charge is 0.239 e. The average Bonchev–Trinajstić information content (AvgIpc) is 2.37. The van der Waals surface area contributed by atoms with Crippen LogP contribution in [0.15, 0.2) is 0 Å². The largest absolute Gasteiger partial charge is 0.352 e. The van der Waals surface area contributed by atoms with E-state index < -0.39 is 6.04 Å². The SMILES string of the molecule is CC(C)[C@H](N)C(=O)NCC(=O)NC1CCC(C)(C)CC1. The van der Waals surface area contributed by atoms with E-state index >= 15 is 0 Å². The lowest BCUT2D eigenvalue weighted by Gasteiger charge is -2.34. The minimum Gasteiger partial charge on any atom is -0.352 e. The van der Waals surface area contributed by atoms with E-state index in [0.29, 0.717) is 5.41 Å². The van der Waals surface area contributed by atoms with Crippen LogP contribution in [0.2, 0.25) is 0 Å². The van der Waals surface area contributed by atoms with E-state index in [9.17, 15) is 9.59 Å². The lowest BCUT2D eigenvalue weighted by Crippen LogP contribution is -2.49. The molecule has 0 spiro atoms. The van der Waals surface area contributed by atoms with Gasteiger partial charge in [-0.25, -0.2) is 0 Å². The van der Waals surface area contributed by atoms with Gasteiger partial charge in [0.05, 0.1) is 12.6 Å². The molecule has 0 aliphatic heterocycles. The summed E-state index contributed by atoms with van der Waals surface area (Å²) in [5, 5.41) is 5.58. The number of amides is 2. The van der Waals surface area contributed by atoms with Crippen LogP contribution < -0.4 is 16.4 Å². The zero-order valence-electron chi connectivity index (χ0n) is 13.2. The fraction of sp³-hybridized carbons (Fsp3) is 0.867. The molecule has 1 fully saturated rings. The van der Waals surface area contributed by atoms with E-state index in [0.717, 1.165) is 25.7 Å². The molecule has 5 heteroatoms. The van der Waals surface area contributed by atoms with E-state index in [2.05, 4.69) is 24.5 Å². The highest BCUT2D eigenvalue weighted by Gasteiger charge is 2.27. The summed E-state index contributed by atoms with van der Waals surface area (Å²) in [5.74, 6) is -0.322. The van der Waals surface area contributed by atoms with Crippen LogP contribution in [0.5, 0.6) is 0 Å². The second-order valence-corrected chi connectivity index (χ2v) is 6.99. The summed E-state index contributed by atoms with van der Waals surface area (Å²) in [6.07, 6.45) is 4.28. The fourth-order valence-corrected chi connectivity index (χ4v) is 2.41. The number of hydrogen-bond donors (Lipinski definition) is 3. The Kier molecular flexibility index (Phi) is 5.99. The topological polar surface area (TPSA) is 84.2 Å². The van der Waals surface area contributed by atoms with Crippen LogP contribution in [0.3, 0.4) is 0 Å². The fourth-order valence-electron chi connectivity index (χ4n) is 2.41. The normalized spacial score (nSPS) is 20.5. The van der Waals surface area contributed by atoms with Crippen molar-refractivity contribution in [1.29, 1.82) is 0 Å². The van der Waals surface area contributed by atoms with Crippen molar-refractivity contribution in [2.24, 2.45) is 17.1 Å². The molecule has 1 aliphatic rings. The molecule has 0 heterocycles. The molecule has 1 saturated carbocycles. The molecular formula is C15H29N3O2. The molecule has 4 N–H and O–H groups in total. The van der Waals surface area contributed by atoms with Gasteiger partial charge in [0.1, 0.15) is 0 Å². The molecule has 0 saturated heterocycles. The zero-order valence-corrected chi connectivity index (χ0v) is 13.2. The van der Waals surface area contributed by atoms with E-state index in [1.165, 1.54) is 0 Å². The van der Waals surface area contributed by atoms with Crippen molar-refractivity contribution in [3.8, 4) is 0 Å². The summed E-state index contributed by atoms with van der Waals surface area (Å²) in [7, 11) is 0. The van der Waals surface area contributed by atoms with Gasteiger partial charge < -0.3 is 16.4 Å². The van der Waals surface area contributed by atoms with Crippen molar-refractivity contribution in [3.63, 3.8) is 0 Å². The highest BCUT2D eigenvalue weighted by Crippen LogP contribution is 2.34. The highest BCUT2D eigenvalue weighted by molar-refractivity contribution is 5.87. The quantitative estimate of drug-likeness (QED) is 0.708. The first-order chi connectivity index (χ1) is 9.21. The third-order valence-corrected chi connectivity index (χ3v) is 4.15. The van der Waals surface area contributed by atoms with Gasteiger partial charge in [-0.3, -0.25) is 9.59 Å². The van der Waals surface area contributed by atoms with Gasteiger partial charge in [-0.1, -0.05) is 27.7 Å². The number of nitrogens with one attached hydrogen (secondary N) is 2. The van der Waals surface area contributed by atoms with E-state index in [-0.39, 0.29) is 30.3 Å². The predicted octanol–water partition coefficient (Wildman–Crippen LogP) is 1.17. The number of rotatable bonds is 5. The zero-order chi connectivity index (χ0) is 15.3. The summed E-state index contributed by atoms with van der Waals surface area (Å²) < 4.78 is 0. The van der Waals surface area contributed by atoms with Gasteiger partial charge in [0.15, 0.2) is 0 Å². The van der Waals surface area contributed by atoms with Gasteiger partial charge in [-0.05, 0) is 37.0 Å². The maximum absolute atomic E-state index is 11.8. The Labute approximate surface area is 122 Å². The maximum atomic E-state index is 11.8. The standard InChI is InChI=1S/C15H29N3O2/c1-10(2)13(16)14(20)17-9-12(19)18-11-5-7-15(3,4)8-6-11/h10-11,13H,5-9,16H2,1-4H3,(H,17,20)(H,18,19)/t13-/m0/s1. The van der Waals surface area contributed by atoms with Crippen molar-refractivity contribution >= 4 is 11.8 Å². The first kappa shape index (κ1) is 17.0. The third-order valence-electron chi connectivity index (χ3n) is 4.15. The third kappa shape index (κ3) is 5.49. The van der Waals surface area contributed by atoms with Gasteiger partial charge >= 0.3 is 0 Å². The summed E-state index contributed by atoms with van der Waals surface area (Å²) in [6, 6.07) is -0.315. The molecule has 20 heavy (non-hydrogen) atoms. The molecule has 0 aromatic carbocycles. The van der Waals surface area contributed by atoms with Crippen molar-refractivity contribution < 1.29 is 9.59 Å². The molecule has 116 valence electrons. The van der Waals surface area contributed by atoms with Crippen molar-refractivity contribution in [2.45, 2.75) is 65.5 Å². The number of hydrogen-bond acceptors (Lipinski definition) is 3. The Morgan fingerprint density at radius 1 is 1.25 bits per heavy atom. The molecule has 1 aliphatic carbocycles.